The quantitative estimate of drug-likeness (QED) is 0.136. The van der Waals surface area contributed by atoms with Crippen LogP contribution in [-0.2, 0) is 17.6 Å². The van der Waals surface area contributed by atoms with Crippen molar-refractivity contribution in [3.8, 4) is 0 Å². The van der Waals surface area contributed by atoms with E-state index in [0.717, 1.165) is 138 Å². The molecule has 0 saturated carbocycles. The van der Waals surface area contributed by atoms with Crippen LogP contribution >= 0.6 is 0 Å². The first-order valence-electron chi connectivity index (χ1n) is 23.4. The average Bonchev–Trinajstić information content (AvgIpc) is 3.60. The van der Waals surface area contributed by atoms with Gasteiger partial charge in [-0.2, -0.15) is 0 Å². The number of benzene rings is 5. The minimum Gasteiger partial charge on any atom is -0.507 e. The second-order valence-corrected chi connectivity index (χ2v) is 18.4. The first-order chi connectivity index (χ1) is 33.1. The number of fused-ring (bicyclic) bond motifs is 2. The van der Waals surface area contributed by atoms with Crippen molar-refractivity contribution in [3.05, 3.63) is 223 Å². The van der Waals surface area contributed by atoms with Gasteiger partial charge in [-0.25, -0.2) is 15.0 Å². The summed E-state index contributed by atoms with van der Waals surface area (Å²) in [6, 6.07) is 28.1. The van der Waals surface area contributed by atoms with Crippen molar-refractivity contribution in [2.75, 3.05) is 17.7 Å². The summed E-state index contributed by atoms with van der Waals surface area (Å²) in [4.78, 5) is 15.7. The van der Waals surface area contributed by atoms with Gasteiger partial charge in [0.2, 0.25) is 0 Å². The lowest BCUT2D eigenvalue weighted by atomic mass is 9.69. The first-order valence-corrected chi connectivity index (χ1v) is 23.4. The molecule has 0 amide bonds. The van der Waals surface area contributed by atoms with Gasteiger partial charge in [0.05, 0.1) is 29.8 Å². The lowest BCUT2D eigenvalue weighted by molar-refractivity contribution is 0.277. The summed E-state index contributed by atoms with van der Waals surface area (Å²) >= 11 is 0. The summed E-state index contributed by atoms with van der Waals surface area (Å²) in [6.07, 6.45) is 31.3. The summed E-state index contributed by atoms with van der Waals surface area (Å²) in [5.41, 5.74) is 17.9. The molecule has 2 atom stereocenters. The summed E-state index contributed by atoms with van der Waals surface area (Å²) in [7, 11) is 1.70. The Morgan fingerprint density at radius 1 is 0.657 bits per heavy atom. The molecule has 0 bridgehead atoms. The maximum atomic E-state index is 12.2. The van der Waals surface area contributed by atoms with Crippen molar-refractivity contribution in [1.82, 2.24) is 5.32 Å². The largest absolute Gasteiger partial charge is 0.507 e. The number of allylic oxidation sites excluding steroid dienone is 11. The molecule has 8 heteroatoms. The van der Waals surface area contributed by atoms with Gasteiger partial charge in [0.25, 0.3) is 0 Å². The van der Waals surface area contributed by atoms with Crippen LogP contribution in [0.5, 0.6) is 0 Å². The highest BCUT2D eigenvalue weighted by Gasteiger charge is 2.43. The average molecular weight is 869 g/mol. The van der Waals surface area contributed by atoms with E-state index in [1.165, 1.54) is 22.3 Å². The Labute approximate surface area is 387 Å². The number of aliphatic hydroxyl groups is 1. The topological polar surface area (TPSA) is 103 Å². The molecular formula is C59H44N6O2. The number of aliphatic hydroxyl groups excluding tert-OH is 1. The van der Waals surface area contributed by atoms with Crippen LogP contribution < -0.4 is 26.4 Å². The fraction of sp³-hybridized carbons (Fsp3) is 0.136. The molecule has 2 unspecified atom stereocenters. The number of ether oxygens (including phenoxy) is 1. The van der Waals surface area contributed by atoms with Crippen molar-refractivity contribution in [2.24, 2.45) is 26.8 Å². The van der Waals surface area contributed by atoms with Crippen LogP contribution in [0.15, 0.2) is 183 Å². The van der Waals surface area contributed by atoms with E-state index >= 15 is 0 Å². The van der Waals surface area contributed by atoms with E-state index in [4.69, 9.17) is 19.7 Å². The molecule has 14 rings (SSSR count). The molecule has 322 valence electrons. The molecule has 0 radical (unpaired) electrons. The Kier molecular flexibility index (Phi) is 8.32. The molecule has 3 aliphatic heterocycles. The van der Waals surface area contributed by atoms with Crippen molar-refractivity contribution >= 4 is 74.8 Å². The van der Waals surface area contributed by atoms with Crippen molar-refractivity contribution in [3.63, 3.8) is 0 Å². The predicted octanol–water partition coefficient (Wildman–Crippen LogP) is 10.7. The Hall–Kier alpha value is -8.23. The van der Waals surface area contributed by atoms with Gasteiger partial charge < -0.3 is 25.8 Å². The van der Waals surface area contributed by atoms with Gasteiger partial charge >= 0.3 is 0 Å². The molecule has 4 N–H and O–H groups in total. The third-order valence-electron chi connectivity index (χ3n) is 14.7. The zero-order valence-corrected chi connectivity index (χ0v) is 36.8. The van der Waals surface area contributed by atoms with Crippen molar-refractivity contribution < 1.29 is 9.84 Å². The monoisotopic (exact) mass is 868 g/mol. The third-order valence-corrected chi connectivity index (χ3v) is 14.7. The zero-order valence-electron chi connectivity index (χ0n) is 36.8. The van der Waals surface area contributed by atoms with Crippen molar-refractivity contribution in [2.45, 2.75) is 32.1 Å². The summed E-state index contributed by atoms with van der Waals surface area (Å²) in [5.74, 6) is 3.23. The summed E-state index contributed by atoms with van der Waals surface area (Å²) in [5, 5.41) is 27.5. The normalized spacial score (nSPS) is 21.0. The van der Waals surface area contributed by atoms with Crippen LogP contribution in [0.2, 0.25) is 0 Å². The fourth-order valence-electron chi connectivity index (χ4n) is 11.5. The van der Waals surface area contributed by atoms with E-state index in [-0.39, 0.29) is 17.6 Å². The third kappa shape index (κ3) is 5.82. The van der Waals surface area contributed by atoms with Crippen LogP contribution in [0.4, 0.5) is 17.1 Å². The Morgan fingerprint density at radius 2 is 1.40 bits per heavy atom. The lowest BCUT2D eigenvalue weighted by Crippen LogP contribution is -2.42. The zero-order chi connectivity index (χ0) is 44.3. The number of rotatable bonds is 6. The highest BCUT2D eigenvalue weighted by Crippen LogP contribution is 2.53. The summed E-state index contributed by atoms with van der Waals surface area (Å²) in [6.45, 7) is 0. The van der Waals surface area contributed by atoms with Crippen LogP contribution in [0.1, 0.15) is 63.8 Å². The second kappa shape index (κ2) is 14.6. The second-order valence-electron chi connectivity index (χ2n) is 18.4. The van der Waals surface area contributed by atoms with Gasteiger partial charge in [0, 0.05) is 73.8 Å². The van der Waals surface area contributed by atoms with Crippen molar-refractivity contribution in [1.29, 1.82) is 0 Å². The first kappa shape index (κ1) is 38.1. The smallest absolute Gasteiger partial charge is 0.138 e. The van der Waals surface area contributed by atoms with Crippen LogP contribution in [0, 0.1) is 11.8 Å². The van der Waals surface area contributed by atoms with Gasteiger partial charge in [-0.3, -0.25) is 0 Å². The predicted molar refractivity (Wildman–Crippen MR) is 272 cm³/mol. The van der Waals surface area contributed by atoms with Gasteiger partial charge in [0.1, 0.15) is 29.0 Å². The molecule has 67 heavy (non-hydrogen) atoms. The molecule has 0 fully saturated rings. The number of amidine groups is 3. The van der Waals surface area contributed by atoms with E-state index in [1.54, 1.807) is 7.11 Å². The minimum atomic E-state index is -0.162. The maximum absolute atomic E-state index is 12.2. The Morgan fingerprint density at radius 3 is 2.21 bits per heavy atom. The van der Waals surface area contributed by atoms with Crippen LogP contribution in [0.3, 0.4) is 0 Å². The molecule has 0 spiro atoms. The minimum absolute atomic E-state index is 0.0652. The molecule has 5 aromatic rings. The number of aryl methyl sites for hydroxylation is 2. The van der Waals surface area contributed by atoms with Crippen LogP contribution in [0.25, 0.3) is 40.3 Å². The molecule has 6 aliphatic carbocycles. The standard InChI is InChI=1S/C59H44N6O2/c1-67-56-53(41-24-27-47-50-38(41)15-8-18-45(50)61-58(62-47)37-23-21-33-11-3-5-13-35(33)31-37)55(66)54(56)42-25-28-49-51-39(42)16-9-19-46(51)64-59(65-49)43-26-29-48-52-40(43)14-6-7-17-44(52)60-57(63-48)36-22-20-32-10-2-4-12-34(32)30-36/h4-9,12-16,18-31,39,42,66H,2-3,10-11,17H2,1H3,(H,60,63)(H,61,62)(H,64,65). The summed E-state index contributed by atoms with van der Waals surface area (Å²) < 4.78 is 6.21. The van der Waals surface area contributed by atoms with Gasteiger partial charge in [-0.05, 0) is 113 Å². The molecule has 3 heterocycles. The van der Waals surface area contributed by atoms with E-state index in [2.05, 4.69) is 162 Å². The highest BCUT2D eigenvalue weighted by atomic mass is 16.5. The number of methoxy groups -OCH3 is 1. The van der Waals surface area contributed by atoms with E-state index < -0.39 is 0 Å². The van der Waals surface area contributed by atoms with E-state index in [9.17, 15) is 5.11 Å². The molecule has 0 saturated heterocycles. The number of nitrogens with zero attached hydrogens (tertiary/aromatic N) is 3. The fourth-order valence-corrected chi connectivity index (χ4v) is 11.5. The molecule has 0 aromatic heterocycles. The van der Waals surface area contributed by atoms with Crippen LogP contribution in [-0.4, -0.2) is 29.7 Å². The van der Waals surface area contributed by atoms with E-state index in [0.29, 0.717) is 11.3 Å². The van der Waals surface area contributed by atoms with Gasteiger partial charge in [-0.15, -0.1) is 0 Å². The number of hydrogen-bond donors (Lipinski definition) is 4. The number of aliphatic imine (C=N–C) groups is 3. The van der Waals surface area contributed by atoms with Gasteiger partial charge in [-0.1, -0.05) is 103 Å². The molecular weight excluding hydrogens is 825 g/mol. The Balaban J connectivity index is 0.789. The molecule has 9 aliphatic rings. The lowest BCUT2D eigenvalue weighted by Gasteiger charge is -2.39. The number of nitrogens with one attached hydrogen (secondary N) is 3. The van der Waals surface area contributed by atoms with E-state index in [1.807, 2.05) is 6.07 Å². The Bertz CT molecular complexity index is 3690. The molecule has 8 nitrogen and oxygen atoms in total. The van der Waals surface area contributed by atoms with Gasteiger partial charge in [0.15, 0.2) is 0 Å². The number of hydrogen-bond acceptors (Lipinski definition) is 8. The maximum Gasteiger partial charge on any atom is 0.138 e. The highest BCUT2D eigenvalue weighted by molar-refractivity contribution is 6.21. The molecule has 5 aromatic carbocycles. The number of anilines is 2. The SMILES string of the molecule is COC1=C(C2C=CC3=C4C(=CC=CC42)NC(c2ccc4c5c2=CC=CCC=5N=C(c2ccc5c(c2)C=CCC5)N4)=N3)C(O)=C1c1ccc2c3c(cccc13)N=C(c1ccc3c(c1)C=CCC3)N2.